The molecule has 0 bridgehead atoms. The Bertz CT molecular complexity index is 299. The van der Waals surface area contributed by atoms with E-state index in [9.17, 15) is 4.39 Å². The van der Waals surface area contributed by atoms with Gasteiger partial charge in [0.05, 0.1) is 4.47 Å². The average molecular weight is 324 g/mol. The van der Waals surface area contributed by atoms with Gasteiger partial charge in [-0.15, -0.1) is 0 Å². The first kappa shape index (κ1) is 12.2. The third kappa shape index (κ3) is 3.35. The van der Waals surface area contributed by atoms with Gasteiger partial charge in [0.15, 0.2) is 0 Å². The van der Waals surface area contributed by atoms with Crippen LogP contribution in [0.25, 0.3) is 0 Å². The summed E-state index contributed by atoms with van der Waals surface area (Å²) in [6.45, 7) is 2.14. The molecule has 1 unspecified atom stereocenters. The van der Waals surface area contributed by atoms with Crippen LogP contribution in [0.5, 0.6) is 0 Å². The molecule has 0 amide bonds. The molecule has 3 heteroatoms. The molecule has 0 nitrogen and oxygen atoms in total. The van der Waals surface area contributed by atoms with Crippen LogP contribution < -0.4 is 0 Å². The van der Waals surface area contributed by atoms with E-state index in [4.69, 9.17) is 0 Å². The average Bonchev–Trinajstić information content (AvgIpc) is 2.20. The Hall–Kier alpha value is 0.110. The number of aryl methyl sites for hydroxylation is 1. The van der Waals surface area contributed by atoms with E-state index in [-0.39, 0.29) is 5.82 Å². The predicted octanol–water partition coefficient (Wildman–Crippen LogP) is 4.69. The van der Waals surface area contributed by atoms with Crippen LogP contribution in [0.2, 0.25) is 0 Å². The summed E-state index contributed by atoms with van der Waals surface area (Å²) in [7, 11) is 0. The molecular formula is C11H13Br2F. The number of hydrogen-bond acceptors (Lipinski definition) is 0. The van der Waals surface area contributed by atoms with Crippen molar-refractivity contribution in [3.05, 3.63) is 34.1 Å². The van der Waals surface area contributed by atoms with Gasteiger partial charge in [0.1, 0.15) is 5.82 Å². The van der Waals surface area contributed by atoms with E-state index >= 15 is 0 Å². The molecule has 0 fully saturated rings. The summed E-state index contributed by atoms with van der Waals surface area (Å²) in [6.07, 6.45) is 3.05. The summed E-state index contributed by atoms with van der Waals surface area (Å²) in [5.41, 5.74) is 1.04. The highest BCUT2D eigenvalue weighted by molar-refractivity contribution is 9.10. The first-order valence-electron chi connectivity index (χ1n) is 4.72. The van der Waals surface area contributed by atoms with Gasteiger partial charge < -0.3 is 0 Å². The highest BCUT2D eigenvalue weighted by Gasteiger charge is 2.07. The van der Waals surface area contributed by atoms with Gasteiger partial charge in [0, 0.05) is 4.83 Å². The van der Waals surface area contributed by atoms with E-state index in [0.717, 1.165) is 24.8 Å². The third-order valence-corrected chi connectivity index (χ3v) is 4.19. The molecule has 0 radical (unpaired) electrons. The molecule has 0 spiro atoms. The van der Waals surface area contributed by atoms with Crippen molar-refractivity contribution in [2.45, 2.75) is 31.0 Å². The van der Waals surface area contributed by atoms with E-state index in [1.165, 1.54) is 6.07 Å². The molecular weight excluding hydrogens is 311 g/mol. The van der Waals surface area contributed by atoms with Gasteiger partial charge in [0.25, 0.3) is 0 Å². The Morgan fingerprint density at radius 1 is 1.43 bits per heavy atom. The minimum atomic E-state index is -0.176. The van der Waals surface area contributed by atoms with Crippen molar-refractivity contribution >= 4 is 31.9 Å². The van der Waals surface area contributed by atoms with Gasteiger partial charge in [-0.2, -0.15) is 0 Å². The first-order chi connectivity index (χ1) is 6.65. The van der Waals surface area contributed by atoms with Gasteiger partial charge in [-0.3, -0.25) is 0 Å². The van der Waals surface area contributed by atoms with Crippen molar-refractivity contribution < 1.29 is 4.39 Å². The van der Waals surface area contributed by atoms with Crippen LogP contribution in [-0.4, -0.2) is 4.83 Å². The maximum absolute atomic E-state index is 13.1. The van der Waals surface area contributed by atoms with Gasteiger partial charge in [-0.1, -0.05) is 35.0 Å². The van der Waals surface area contributed by atoms with Crippen LogP contribution in [0.4, 0.5) is 4.39 Å². The summed E-state index contributed by atoms with van der Waals surface area (Å²) in [5.74, 6) is -0.176. The van der Waals surface area contributed by atoms with Crippen LogP contribution >= 0.6 is 31.9 Å². The largest absolute Gasteiger partial charge is 0.206 e. The number of benzene rings is 1. The molecule has 0 aromatic heterocycles. The molecule has 0 saturated carbocycles. The summed E-state index contributed by atoms with van der Waals surface area (Å²) in [5, 5.41) is 0. The second-order valence-corrected chi connectivity index (χ2v) is 5.35. The fraction of sp³-hybridized carbons (Fsp3) is 0.455. The maximum Gasteiger partial charge on any atom is 0.137 e. The van der Waals surface area contributed by atoms with E-state index in [2.05, 4.69) is 38.8 Å². The zero-order valence-electron chi connectivity index (χ0n) is 8.06. The van der Waals surface area contributed by atoms with Gasteiger partial charge in [-0.05, 0) is 46.8 Å². The maximum atomic E-state index is 13.1. The lowest BCUT2D eigenvalue weighted by atomic mass is 10.1. The van der Waals surface area contributed by atoms with E-state index in [0.29, 0.717) is 9.30 Å². The fourth-order valence-electron chi connectivity index (χ4n) is 1.26. The molecule has 0 N–H and O–H groups in total. The van der Waals surface area contributed by atoms with Crippen LogP contribution in [0, 0.1) is 5.82 Å². The molecule has 78 valence electrons. The van der Waals surface area contributed by atoms with E-state index < -0.39 is 0 Å². The van der Waals surface area contributed by atoms with Gasteiger partial charge in [-0.25, -0.2) is 4.39 Å². The summed E-state index contributed by atoms with van der Waals surface area (Å²) < 4.78 is 13.7. The van der Waals surface area contributed by atoms with E-state index in [1.54, 1.807) is 6.07 Å². The molecule has 1 aromatic carbocycles. The van der Waals surface area contributed by atoms with Crippen molar-refractivity contribution in [3.63, 3.8) is 0 Å². The lowest BCUT2D eigenvalue weighted by molar-refractivity contribution is 0.616. The summed E-state index contributed by atoms with van der Waals surface area (Å²) in [4.78, 5) is 0.526. The van der Waals surface area contributed by atoms with Crippen LogP contribution in [0.1, 0.15) is 25.3 Å². The Balaban J connectivity index is 2.63. The standard InChI is InChI=1S/C11H13Br2F/c1-2-9(12)7-6-8-4-3-5-10(14)11(8)13/h3-5,9H,2,6-7H2,1H3. The highest BCUT2D eigenvalue weighted by Crippen LogP contribution is 2.23. The SMILES string of the molecule is CCC(Br)CCc1cccc(F)c1Br. The molecule has 0 aliphatic rings. The smallest absolute Gasteiger partial charge is 0.137 e. The van der Waals surface area contributed by atoms with Crippen molar-refractivity contribution in [2.24, 2.45) is 0 Å². The van der Waals surface area contributed by atoms with Crippen molar-refractivity contribution in [3.8, 4) is 0 Å². The Morgan fingerprint density at radius 2 is 2.14 bits per heavy atom. The second kappa shape index (κ2) is 5.86. The molecule has 0 aliphatic heterocycles. The third-order valence-electron chi connectivity index (χ3n) is 2.20. The zero-order valence-corrected chi connectivity index (χ0v) is 11.2. The summed E-state index contributed by atoms with van der Waals surface area (Å²) >= 11 is 6.83. The minimum absolute atomic E-state index is 0.176. The van der Waals surface area contributed by atoms with Crippen LogP contribution in [-0.2, 0) is 6.42 Å². The minimum Gasteiger partial charge on any atom is -0.206 e. The lowest BCUT2D eigenvalue weighted by Crippen LogP contribution is -1.99. The predicted molar refractivity (Wildman–Crippen MR) is 65.4 cm³/mol. The Morgan fingerprint density at radius 3 is 2.79 bits per heavy atom. The zero-order chi connectivity index (χ0) is 10.6. The van der Waals surface area contributed by atoms with Crippen LogP contribution in [0.3, 0.4) is 0 Å². The molecule has 0 aliphatic carbocycles. The Kier molecular flexibility index (Phi) is 5.10. The summed E-state index contributed by atoms with van der Waals surface area (Å²) in [6, 6.07) is 5.19. The molecule has 14 heavy (non-hydrogen) atoms. The van der Waals surface area contributed by atoms with Crippen molar-refractivity contribution in [2.75, 3.05) is 0 Å². The van der Waals surface area contributed by atoms with Crippen LogP contribution in [0.15, 0.2) is 22.7 Å². The molecule has 1 atom stereocenters. The van der Waals surface area contributed by atoms with Gasteiger partial charge >= 0.3 is 0 Å². The Labute approximate surface area is 101 Å². The molecule has 0 heterocycles. The topological polar surface area (TPSA) is 0 Å². The quantitative estimate of drug-likeness (QED) is 0.705. The number of alkyl halides is 1. The fourth-order valence-corrected chi connectivity index (χ4v) is 1.95. The molecule has 0 saturated heterocycles. The van der Waals surface area contributed by atoms with Crippen molar-refractivity contribution in [1.29, 1.82) is 0 Å². The number of halogens is 3. The second-order valence-electron chi connectivity index (χ2n) is 3.26. The molecule has 1 aromatic rings. The van der Waals surface area contributed by atoms with Gasteiger partial charge in [0.2, 0.25) is 0 Å². The number of hydrogen-bond donors (Lipinski definition) is 0. The molecule has 1 rings (SSSR count). The normalized spacial score (nSPS) is 12.9. The highest BCUT2D eigenvalue weighted by atomic mass is 79.9. The lowest BCUT2D eigenvalue weighted by Gasteiger charge is -2.08. The van der Waals surface area contributed by atoms with E-state index in [1.807, 2.05) is 6.07 Å². The first-order valence-corrected chi connectivity index (χ1v) is 6.43. The monoisotopic (exact) mass is 322 g/mol. The van der Waals surface area contributed by atoms with Crippen molar-refractivity contribution in [1.82, 2.24) is 0 Å². The number of rotatable bonds is 4.